The van der Waals surface area contributed by atoms with E-state index in [2.05, 4.69) is 59.4 Å². The number of ether oxygens (including phenoxy) is 1. The van der Waals surface area contributed by atoms with Crippen molar-refractivity contribution in [1.82, 2.24) is 0 Å². The zero-order valence-electron chi connectivity index (χ0n) is 11.1. The van der Waals surface area contributed by atoms with Gasteiger partial charge in [0, 0.05) is 5.56 Å². The molecule has 1 heteroatoms. The lowest BCUT2D eigenvalue weighted by Gasteiger charge is -2.26. The molecule has 0 spiro atoms. The van der Waals surface area contributed by atoms with E-state index >= 15 is 0 Å². The van der Waals surface area contributed by atoms with Crippen LogP contribution < -0.4 is 0 Å². The third kappa shape index (κ3) is 3.13. The van der Waals surface area contributed by atoms with E-state index in [1.54, 1.807) is 0 Å². The normalized spacial score (nSPS) is 11.3. The minimum atomic E-state index is -0.144. The van der Waals surface area contributed by atoms with E-state index in [-0.39, 0.29) is 5.60 Å². The molecule has 88 valence electrons. The van der Waals surface area contributed by atoms with Crippen molar-refractivity contribution in [3.05, 3.63) is 41.5 Å². The van der Waals surface area contributed by atoms with Crippen molar-refractivity contribution in [3.63, 3.8) is 0 Å². The van der Waals surface area contributed by atoms with Crippen LogP contribution in [-0.2, 0) is 4.74 Å². The Morgan fingerprint density at radius 3 is 2.44 bits per heavy atom. The van der Waals surface area contributed by atoms with Crippen LogP contribution in [0.25, 0.3) is 5.76 Å². The highest BCUT2D eigenvalue weighted by molar-refractivity contribution is 5.61. The van der Waals surface area contributed by atoms with Gasteiger partial charge < -0.3 is 4.74 Å². The molecule has 0 aliphatic rings. The molecule has 0 heterocycles. The first-order valence-electron chi connectivity index (χ1n) is 5.81. The lowest BCUT2D eigenvalue weighted by Crippen LogP contribution is -2.22. The third-order valence-electron chi connectivity index (χ3n) is 2.93. The fraction of sp³-hybridized carbons (Fsp3) is 0.467. The summed E-state index contributed by atoms with van der Waals surface area (Å²) in [5.41, 5.74) is 3.45. The molecular weight excluding hydrogens is 196 g/mol. The monoisotopic (exact) mass is 218 g/mol. The summed E-state index contributed by atoms with van der Waals surface area (Å²) in [6.45, 7) is 14.5. The van der Waals surface area contributed by atoms with E-state index < -0.39 is 0 Å². The molecule has 1 nitrogen and oxygen atoms in total. The molecular formula is C15H22O. The summed E-state index contributed by atoms with van der Waals surface area (Å²) in [5.74, 6) is 0.768. The fourth-order valence-electron chi connectivity index (χ4n) is 1.59. The van der Waals surface area contributed by atoms with E-state index in [1.807, 2.05) is 0 Å². The number of hydrogen-bond acceptors (Lipinski definition) is 1. The molecule has 16 heavy (non-hydrogen) atoms. The van der Waals surface area contributed by atoms with Crippen LogP contribution in [0.1, 0.15) is 43.9 Å². The van der Waals surface area contributed by atoms with Gasteiger partial charge in [0.1, 0.15) is 11.4 Å². The van der Waals surface area contributed by atoms with E-state index in [0.29, 0.717) is 0 Å². The summed E-state index contributed by atoms with van der Waals surface area (Å²) in [7, 11) is 0. The Bertz CT molecular complexity index is 388. The second-order valence-electron chi connectivity index (χ2n) is 4.96. The van der Waals surface area contributed by atoms with E-state index in [4.69, 9.17) is 4.74 Å². The first-order valence-corrected chi connectivity index (χ1v) is 5.81. The summed E-state index contributed by atoms with van der Waals surface area (Å²) in [6, 6.07) is 6.33. The van der Waals surface area contributed by atoms with Gasteiger partial charge in [0.25, 0.3) is 0 Å². The minimum Gasteiger partial charge on any atom is -0.488 e. The van der Waals surface area contributed by atoms with Gasteiger partial charge >= 0.3 is 0 Å². The van der Waals surface area contributed by atoms with Crippen molar-refractivity contribution < 1.29 is 4.74 Å². The maximum absolute atomic E-state index is 5.90. The van der Waals surface area contributed by atoms with Gasteiger partial charge in [-0.3, -0.25) is 0 Å². The first kappa shape index (κ1) is 12.8. The highest BCUT2D eigenvalue weighted by atomic mass is 16.5. The Kier molecular flexibility index (Phi) is 3.79. The lowest BCUT2D eigenvalue weighted by molar-refractivity contribution is 0.0737. The third-order valence-corrected chi connectivity index (χ3v) is 2.93. The van der Waals surface area contributed by atoms with Crippen LogP contribution in [0.15, 0.2) is 24.8 Å². The van der Waals surface area contributed by atoms with Crippen molar-refractivity contribution >= 4 is 5.76 Å². The SMILES string of the molecule is C=C(OC(C)(C)CC)c1ccc(C)cc1C. The number of benzene rings is 1. The number of hydrogen-bond donors (Lipinski definition) is 0. The second-order valence-corrected chi connectivity index (χ2v) is 4.96. The molecule has 0 fully saturated rings. The molecule has 0 aliphatic heterocycles. The Morgan fingerprint density at radius 1 is 1.31 bits per heavy atom. The highest BCUT2D eigenvalue weighted by Crippen LogP contribution is 2.26. The van der Waals surface area contributed by atoms with Crippen LogP contribution >= 0.6 is 0 Å². The highest BCUT2D eigenvalue weighted by Gasteiger charge is 2.18. The fourth-order valence-corrected chi connectivity index (χ4v) is 1.59. The quantitative estimate of drug-likeness (QED) is 0.677. The van der Waals surface area contributed by atoms with Crippen molar-refractivity contribution in [1.29, 1.82) is 0 Å². The summed E-state index contributed by atoms with van der Waals surface area (Å²) in [5, 5.41) is 0. The first-order chi connectivity index (χ1) is 7.35. The largest absolute Gasteiger partial charge is 0.488 e. The minimum absolute atomic E-state index is 0.144. The molecule has 0 saturated carbocycles. The predicted molar refractivity (Wildman–Crippen MR) is 70.4 cm³/mol. The number of rotatable bonds is 4. The van der Waals surface area contributed by atoms with E-state index in [9.17, 15) is 0 Å². The van der Waals surface area contributed by atoms with Crippen LogP contribution in [0, 0.1) is 13.8 Å². The van der Waals surface area contributed by atoms with Gasteiger partial charge in [-0.2, -0.15) is 0 Å². The molecule has 0 aliphatic carbocycles. The van der Waals surface area contributed by atoms with Gasteiger partial charge in [0.15, 0.2) is 0 Å². The molecule has 0 bridgehead atoms. The van der Waals surface area contributed by atoms with E-state index in [0.717, 1.165) is 17.7 Å². The molecule has 0 aromatic heterocycles. The Labute approximate surface area is 99.1 Å². The summed E-state index contributed by atoms with van der Waals surface area (Å²) in [6.07, 6.45) is 0.969. The van der Waals surface area contributed by atoms with Crippen molar-refractivity contribution in [3.8, 4) is 0 Å². The topological polar surface area (TPSA) is 9.23 Å². The zero-order valence-corrected chi connectivity index (χ0v) is 11.1. The van der Waals surface area contributed by atoms with Gasteiger partial charge in [-0.05, 0) is 39.7 Å². The Morgan fingerprint density at radius 2 is 1.94 bits per heavy atom. The molecule has 0 atom stereocenters. The molecule has 0 N–H and O–H groups in total. The second kappa shape index (κ2) is 4.73. The summed E-state index contributed by atoms with van der Waals surface area (Å²) < 4.78 is 5.90. The van der Waals surface area contributed by atoms with Crippen LogP contribution in [-0.4, -0.2) is 5.60 Å². The van der Waals surface area contributed by atoms with Crippen molar-refractivity contribution in [2.75, 3.05) is 0 Å². The predicted octanol–water partition coefficient (Wildman–Crippen LogP) is 4.48. The summed E-state index contributed by atoms with van der Waals surface area (Å²) in [4.78, 5) is 0. The molecule has 1 aromatic carbocycles. The van der Waals surface area contributed by atoms with Crippen LogP contribution in [0.4, 0.5) is 0 Å². The maximum atomic E-state index is 5.90. The lowest BCUT2D eigenvalue weighted by atomic mass is 10.0. The van der Waals surface area contributed by atoms with Crippen LogP contribution in [0.3, 0.4) is 0 Å². The summed E-state index contributed by atoms with van der Waals surface area (Å²) >= 11 is 0. The van der Waals surface area contributed by atoms with Crippen LogP contribution in [0.2, 0.25) is 0 Å². The smallest absolute Gasteiger partial charge is 0.120 e. The molecule has 1 aromatic rings. The molecule has 0 amide bonds. The maximum Gasteiger partial charge on any atom is 0.120 e. The van der Waals surface area contributed by atoms with Gasteiger partial charge in [-0.1, -0.05) is 37.3 Å². The zero-order chi connectivity index (χ0) is 12.3. The molecule has 0 radical (unpaired) electrons. The van der Waals surface area contributed by atoms with Crippen LogP contribution in [0.5, 0.6) is 0 Å². The molecule has 0 unspecified atom stereocenters. The Hall–Kier alpha value is -1.24. The van der Waals surface area contributed by atoms with E-state index in [1.165, 1.54) is 11.1 Å². The van der Waals surface area contributed by atoms with Gasteiger partial charge in [0.05, 0.1) is 0 Å². The van der Waals surface area contributed by atoms with Crippen molar-refractivity contribution in [2.45, 2.75) is 46.6 Å². The van der Waals surface area contributed by atoms with Gasteiger partial charge in [-0.15, -0.1) is 0 Å². The van der Waals surface area contributed by atoms with Crippen molar-refractivity contribution in [2.24, 2.45) is 0 Å². The van der Waals surface area contributed by atoms with Gasteiger partial charge in [0.2, 0.25) is 0 Å². The Balaban J connectivity index is 2.89. The average molecular weight is 218 g/mol. The standard InChI is InChI=1S/C15H22O/c1-7-15(5,6)16-13(4)14-9-8-11(2)10-12(14)3/h8-10H,4,7H2,1-3,5-6H3. The molecule has 0 saturated heterocycles. The average Bonchev–Trinajstić information content (AvgIpc) is 2.16. The van der Waals surface area contributed by atoms with Gasteiger partial charge in [-0.25, -0.2) is 0 Å². The molecule has 1 rings (SSSR count). The number of aryl methyl sites for hydroxylation is 2.